The van der Waals surface area contributed by atoms with Crippen LogP contribution in [0.3, 0.4) is 0 Å². The monoisotopic (exact) mass is 567 g/mol. The van der Waals surface area contributed by atoms with Crippen molar-refractivity contribution in [1.29, 1.82) is 0 Å². The lowest BCUT2D eigenvalue weighted by Gasteiger charge is -2.37. The third kappa shape index (κ3) is 5.75. The summed E-state index contributed by atoms with van der Waals surface area (Å²) in [7, 11) is -3.53. The smallest absolute Gasteiger partial charge is 0.255 e. The summed E-state index contributed by atoms with van der Waals surface area (Å²) in [5.74, 6) is -1.45. The number of aromatic nitrogens is 2. The van der Waals surface area contributed by atoms with E-state index in [1.54, 1.807) is 67.0 Å². The van der Waals surface area contributed by atoms with E-state index < -0.39 is 27.9 Å². The molecule has 10 nitrogen and oxygen atoms in total. The van der Waals surface area contributed by atoms with Gasteiger partial charge in [-0.15, -0.1) is 0 Å². The van der Waals surface area contributed by atoms with E-state index in [9.17, 15) is 22.8 Å². The van der Waals surface area contributed by atoms with Crippen LogP contribution in [0.4, 0.5) is 5.69 Å². The number of hydrogen-bond acceptors (Lipinski definition) is 5. The molecule has 0 spiro atoms. The fraction of sp³-hybridized carbons (Fsp3) is 0.222. The summed E-state index contributed by atoms with van der Waals surface area (Å²) in [6.07, 6.45) is 4.62. The predicted molar refractivity (Wildman–Crippen MR) is 150 cm³/mol. The first kappa shape index (κ1) is 26.7. The molecule has 0 aliphatic carbocycles. The number of anilines is 1. The van der Waals surface area contributed by atoms with Gasteiger partial charge in [-0.05, 0) is 48.9 Å². The van der Waals surface area contributed by atoms with Crippen molar-refractivity contribution in [3.8, 4) is 5.69 Å². The topological polar surface area (TPSA) is 133 Å². The lowest BCUT2D eigenvalue weighted by molar-refractivity contribution is -0.121. The maximum atomic E-state index is 13.3. The Balaban J connectivity index is 1.34. The number of sulfonamides is 1. The normalized spacial score (nSPS) is 18.1. The predicted octanol–water partition coefficient (Wildman–Crippen LogP) is 2.99. The number of nitrogens with one attached hydrogen (secondary N) is 3. The zero-order chi connectivity index (χ0) is 27.7. The number of rotatable bonds is 6. The molecule has 1 aliphatic heterocycles. The fourth-order valence-electron chi connectivity index (χ4n) is 4.75. The van der Waals surface area contributed by atoms with Crippen LogP contribution < -0.4 is 16.2 Å². The number of benzene rings is 2. The lowest BCUT2D eigenvalue weighted by Crippen LogP contribution is -2.56. The highest BCUT2D eigenvalue weighted by Crippen LogP contribution is 2.25. The third-order valence-corrected chi connectivity index (χ3v) is 8.41. The minimum atomic E-state index is -3.53. The van der Waals surface area contributed by atoms with Gasteiger partial charge >= 0.3 is 0 Å². The molecule has 0 bridgehead atoms. The Kier molecular flexibility index (Phi) is 7.30. The average molecular weight is 568 g/mol. The van der Waals surface area contributed by atoms with Crippen LogP contribution in [0.5, 0.6) is 0 Å². The Morgan fingerprint density at radius 1 is 1.08 bits per heavy atom. The first-order valence-electron chi connectivity index (χ1n) is 12.2. The van der Waals surface area contributed by atoms with E-state index in [1.165, 1.54) is 14.9 Å². The van der Waals surface area contributed by atoms with Gasteiger partial charge in [-0.2, -0.15) is 0 Å². The molecule has 2 aromatic carbocycles. The quantitative estimate of drug-likeness (QED) is 0.329. The second kappa shape index (κ2) is 10.7. The maximum absolute atomic E-state index is 13.3. The van der Waals surface area contributed by atoms with Crippen molar-refractivity contribution in [3.05, 3.63) is 94.0 Å². The van der Waals surface area contributed by atoms with E-state index in [-0.39, 0.29) is 31.0 Å². The number of amides is 2. The summed E-state index contributed by atoms with van der Waals surface area (Å²) in [6.45, 7) is 0.126. The van der Waals surface area contributed by atoms with Gasteiger partial charge in [0.2, 0.25) is 15.9 Å². The van der Waals surface area contributed by atoms with Gasteiger partial charge in [-0.1, -0.05) is 23.7 Å². The SMILES string of the molecule is CS(=O)(=O)N1CC[C@H](C(=O)Nc2ccc(-n3ccccc3=O)cc2)[C@@H](NC(=O)c2ccc3c(Cl)c[nH]c3c2)C1. The Bertz CT molecular complexity index is 1710. The van der Waals surface area contributed by atoms with E-state index in [1.807, 2.05) is 0 Å². The molecule has 202 valence electrons. The van der Waals surface area contributed by atoms with Gasteiger partial charge in [0, 0.05) is 59.4 Å². The molecule has 0 saturated carbocycles. The molecule has 1 saturated heterocycles. The molecule has 39 heavy (non-hydrogen) atoms. The molecule has 2 amide bonds. The number of carbonyl (C=O) groups is 2. The molecule has 1 aliphatic rings. The van der Waals surface area contributed by atoms with Crippen LogP contribution in [-0.4, -0.2) is 59.5 Å². The van der Waals surface area contributed by atoms with Gasteiger partial charge in [0.15, 0.2) is 0 Å². The lowest BCUT2D eigenvalue weighted by atomic mass is 9.91. The van der Waals surface area contributed by atoms with Crippen molar-refractivity contribution in [2.24, 2.45) is 5.92 Å². The zero-order valence-corrected chi connectivity index (χ0v) is 22.5. The molecule has 0 unspecified atom stereocenters. The van der Waals surface area contributed by atoms with E-state index in [2.05, 4.69) is 15.6 Å². The van der Waals surface area contributed by atoms with Crippen LogP contribution in [0.1, 0.15) is 16.8 Å². The number of aromatic amines is 1. The molecule has 3 heterocycles. The van der Waals surface area contributed by atoms with Crippen LogP contribution in [-0.2, 0) is 14.8 Å². The van der Waals surface area contributed by atoms with Crippen LogP contribution in [0.25, 0.3) is 16.6 Å². The Labute approximate surface area is 229 Å². The Morgan fingerprint density at radius 2 is 1.85 bits per heavy atom. The molecule has 2 aromatic heterocycles. The summed E-state index contributed by atoms with van der Waals surface area (Å²) in [5.41, 5.74) is 2.01. The Morgan fingerprint density at radius 3 is 2.56 bits per heavy atom. The van der Waals surface area contributed by atoms with E-state index in [4.69, 9.17) is 11.6 Å². The van der Waals surface area contributed by atoms with Crippen molar-refractivity contribution in [2.75, 3.05) is 24.7 Å². The van der Waals surface area contributed by atoms with E-state index in [0.717, 1.165) is 11.6 Å². The molecule has 4 aromatic rings. The maximum Gasteiger partial charge on any atom is 0.255 e. The fourth-order valence-corrected chi connectivity index (χ4v) is 5.84. The molecule has 2 atom stereocenters. The van der Waals surface area contributed by atoms with Gasteiger partial charge in [0.05, 0.1) is 23.2 Å². The number of piperidine rings is 1. The number of H-pyrrole nitrogens is 1. The van der Waals surface area contributed by atoms with Crippen LogP contribution in [0, 0.1) is 5.92 Å². The minimum absolute atomic E-state index is 0.0326. The molecule has 12 heteroatoms. The summed E-state index contributed by atoms with van der Waals surface area (Å²) < 4.78 is 27.2. The first-order chi connectivity index (χ1) is 18.6. The first-order valence-corrected chi connectivity index (χ1v) is 14.4. The molecule has 0 radical (unpaired) electrons. The average Bonchev–Trinajstić information content (AvgIpc) is 3.29. The second-order valence-electron chi connectivity index (χ2n) is 9.44. The summed E-state index contributed by atoms with van der Waals surface area (Å²) in [4.78, 5) is 41.6. The van der Waals surface area contributed by atoms with Crippen LogP contribution >= 0.6 is 11.6 Å². The standard InChI is InChI=1S/C27H26ClN5O5S/c1-39(37,38)32-13-11-21(24(16-32)31-26(35)17-5-10-20-22(28)15-29-23(20)14-17)27(36)30-18-6-8-19(9-7-18)33-12-3-2-4-25(33)34/h2-10,12,14-15,21,24,29H,11,13,16H2,1H3,(H,30,36)(H,31,35)/t21-,24-/m0/s1. The molecule has 1 fully saturated rings. The Hall–Kier alpha value is -3.93. The van der Waals surface area contributed by atoms with Crippen molar-refractivity contribution in [1.82, 2.24) is 19.2 Å². The van der Waals surface area contributed by atoms with Crippen LogP contribution in [0.2, 0.25) is 5.02 Å². The second-order valence-corrected chi connectivity index (χ2v) is 11.8. The summed E-state index contributed by atoms with van der Waals surface area (Å²) >= 11 is 6.13. The number of nitrogens with zero attached hydrogens (tertiary/aromatic N) is 2. The number of halogens is 1. The van der Waals surface area contributed by atoms with Gasteiger partial charge in [0.1, 0.15) is 0 Å². The molecular weight excluding hydrogens is 542 g/mol. The van der Waals surface area contributed by atoms with Crippen molar-refractivity contribution >= 4 is 50.0 Å². The number of fused-ring (bicyclic) bond motifs is 1. The van der Waals surface area contributed by atoms with Gasteiger partial charge in [-0.3, -0.25) is 19.0 Å². The zero-order valence-electron chi connectivity index (χ0n) is 20.9. The third-order valence-electron chi connectivity index (χ3n) is 6.83. The highest BCUT2D eigenvalue weighted by Gasteiger charge is 2.38. The highest BCUT2D eigenvalue weighted by atomic mass is 35.5. The van der Waals surface area contributed by atoms with Gasteiger partial charge in [-0.25, -0.2) is 12.7 Å². The van der Waals surface area contributed by atoms with Crippen molar-refractivity contribution in [2.45, 2.75) is 12.5 Å². The molecular formula is C27H26ClN5O5S. The number of pyridine rings is 1. The van der Waals surface area contributed by atoms with Crippen molar-refractivity contribution in [3.63, 3.8) is 0 Å². The van der Waals surface area contributed by atoms with Gasteiger partial charge < -0.3 is 15.6 Å². The summed E-state index contributed by atoms with van der Waals surface area (Å²) in [6, 6.07) is 15.9. The number of hydrogen-bond donors (Lipinski definition) is 3. The summed E-state index contributed by atoms with van der Waals surface area (Å²) in [5, 5.41) is 7.04. The molecule has 5 rings (SSSR count). The van der Waals surface area contributed by atoms with Crippen LogP contribution in [0.15, 0.2) is 77.9 Å². The van der Waals surface area contributed by atoms with E-state index >= 15 is 0 Å². The van der Waals surface area contributed by atoms with Crippen molar-refractivity contribution < 1.29 is 18.0 Å². The highest BCUT2D eigenvalue weighted by molar-refractivity contribution is 7.88. The largest absolute Gasteiger partial charge is 0.360 e. The molecule has 3 N–H and O–H groups in total. The van der Waals surface area contributed by atoms with E-state index in [0.29, 0.717) is 27.5 Å². The number of carbonyl (C=O) groups excluding carboxylic acids is 2. The minimum Gasteiger partial charge on any atom is -0.360 e. The van der Waals surface area contributed by atoms with Gasteiger partial charge in [0.25, 0.3) is 11.5 Å².